The average molecular weight is 618 g/mol. The van der Waals surface area contributed by atoms with E-state index in [9.17, 15) is 34.8 Å². The number of carboxylic acid groups (broad SMARTS) is 1. The molecular formula is C30H35NO11S. The Morgan fingerprint density at radius 3 is 2.37 bits per heavy atom. The highest BCUT2D eigenvalue weighted by molar-refractivity contribution is 8.15. The fourth-order valence-corrected chi connectivity index (χ4v) is 6.38. The van der Waals surface area contributed by atoms with Gasteiger partial charge in [-0.1, -0.05) is 23.9 Å². The van der Waals surface area contributed by atoms with E-state index >= 15 is 0 Å². The number of imide groups is 1. The molecule has 0 bridgehead atoms. The summed E-state index contributed by atoms with van der Waals surface area (Å²) in [4.78, 5) is 34.8. The largest absolute Gasteiger partial charge is 0.489 e. The minimum atomic E-state index is -1.81. The summed E-state index contributed by atoms with van der Waals surface area (Å²) < 4.78 is 23.9. The monoisotopic (exact) mass is 617 g/mol. The number of benzene rings is 2. The molecule has 43 heavy (non-hydrogen) atoms. The van der Waals surface area contributed by atoms with Gasteiger partial charge in [0, 0.05) is 5.56 Å². The quantitative estimate of drug-likeness (QED) is 0.291. The van der Waals surface area contributed by atoms with Crippen molar-refractivity contribution in [2.24, 2.45) is 0 Å². The van der Waals surface area contributed by atoms with Gasteiger partial charge < -0.3 is 39.4 Å². The first kappa shape index (κ1) is 31.1. The van der Waals surface area contributed by atoms with Crippen LogP contribution in [0.25, 0.3) is 0 Å². The van der Waals surface area contributed by atoms with Gasteiger partial charge in [-0.2, -0.15) is 0 Å². The standard InChI is InChI=1S/C30H35NO11S/c1-13-14(2)24-18(15(3)23(13)40-28-22(34)20(32)21(33)25(41-28)27(36)37)9-10-30(4,42-24)12-39-17-7-5-16(6-8-17)11-19-26(35)31-29(38)43-19/h5-8,19-22,25,28,32-34H,9-12H2,1-4H3,(H,36,37)(H,31,35,38)/t19?,20-,21-,22+,25-,28?,30?/m0/s1. The van der Waals surface area contributed by atoms with Gasteiger partial charge in [0.2, 0.25) is 12.2 Å². The summed E-state index contributed by atoms with van der Waals surface area (Å²) in [5, 5.41) is 41.6. The number of thioether (sulfide) groups is 1. The molecule has 2 aromatic rings. The molecular weight excluding hydrogens is 582 g/mol. The van der Waals surface area contributed by atoms with Crippen molar-refractivity contribution in [1.29, 1.82) is 0 Å². The Hall–Kier alpha value is -3.36. The second-order valence-corrected chi connectivity index (χ2v) is 12.6. The van der Waals surface area contributed by atoms with E-state index in [-0.39, 0.29) is 17.8 Å². The summed E-state index contributed by atoms with van der Waals surface area (Å²) in [7, 11) is 0. The van der Waals surface area contributed by atoms with Crippen LogP contribution in [0.3, 0.4) is 0 Å². The van der Waals surface area contributed by atoms with Crippen molar-refractivity contribution in [2.45, 2.75) is 88.5 Å². The fraction of sp³-hybridized carbons (Fsp3) is 0.500. The second-order valence-electron chi connectivity index (χ2n) is 11.4. The smallest absolute Gasteiger partial charge is 0.335 e. The molecule has 0 radical (unpaired) electrons. The Balaban J connectivity index is 1.27. The summed E-state index contributed by atoms with van der Waals surface area (Å²) in [6, 6.07) is 7.39. The first-order valence-electron chi connectivity index (χ1n) is 13.9. The highest BCUT2D eigenvalue weighted by Gasteiger charge is 2.48. The van der Waals surface area contributed by atoms with Crippen molar-refractivity contribution in [1.82, 2.24) is 5.32 Å². The predicted octanol–water partition coefficient (Wildman–Crippen LogP) is 1.94. The molecule has 2 fully saturated rings. The number of ether oxygens (including phenoxy) is 4. The second kappa shape index (κ2) is 12.0. The normalized spacial score (nSPS) is 30.3. The minimum absolute atomic E-state index is 0.274. The maximum Gasteiger partial charge on any atom is 0.335 e. The van der Waals surface area contributed by atoms with Gasteiger partial charge in [-0.3, -0.25) is 14.9 Å². The molecule has 5 rings (SSSR count). The molecule has 0 spiro atoms. The Kier molecular flexibility index (Phi) is 8.65. The van der Waals surface area contributed by atoms with Crippen molar-refractivity contribution >= 4 is 28.9 Å². The van der Waals surface area contributed by atoms with Crippen LogP contribution < -0.4 is 19.5 Å². The van der Waals surface area contributed by atoms with Crippen LogP contribution in [0.2, 0.25) is 0 Å². The summed E-state index contributed by atoms with van der Waals surface area (Å²) in [5.74, 6) is -0.0363. The van der Waals surface area contributed by atoms with E-state index in [1.165, 1.54) is 0 Å². The number of aliphatic hydroxyl groups is 3. The van der Waals surface area contributed by atoms with Gasteiger partial charge in [-0.15, -0.1) is 0 Å². The Bertz CT molecular complexity index is 1430. The number of aliphatic carboxylic acids is 1. The number of carboxylic acids is 1. The fourth-order valence-electron chi connectivity index (χ4n) is 5.52. The summed E-state index contributed by atoms with van der Waals surface area (Å²) >= 11 is 0.996. The molecule has 2 saturated heterocycles. The van der Waals surface area contributed by atoms with Gasteiger partial charge in [0.25, 0.3) is 5.24 Å². The Labute approximate surface area is 252 Å². The van der Waals surface area contributed by atoms with Gasteiger partial charge >= 0.3 is 5.97 Å². The summed E-state index contributed by atoms with van der Waals surface area (Å²) in [6.07, 6.45) is -6.82. The Morgan fingerprint density at radius 2 is 1.74 bits per heavy atom. The van der Waals surface area contributed by atoms with Crippen LogP contribution in [-0.4, -0.2) is 85.7 Å². The minimum Gasteiger partial charge on any atom is -0.489 e. The lowest BCUT2D eigenvalue weighted by Gasteiger charge is -2.40. The number of carbonyl (C=O) groups excluding carboxylic acids is 2. The molecule has 2 amide bonds. The van der Waals surface area contributed by atoms with Crippen molar-refractivity contribution in [3.05, 3.63) is 52.1 Å². The van der Waals surface area contributed by atoms with E-state index in [1.54, 1.807) is 0 Å². The molecule has 3 heterocycles. The van der Waals surface area contributed by atoms with E-state index in [4.69, 9.17) is 18.9 Å². The number of amides is 2. The van der Waals surface area contributed by atoms with Crippen molar-refractivity contribution in [3.8, 4) is 17.2 Å². The first-order chi connectivity index (χ1) is 20.3. The van der Waals surface area contributed by atoms with Crippen LogP contribution in [0.4, 0.5) is 4.79 Å². The molecule has 7 atom stereocenters. The van der Waals surface area contributed by atoms with Gasteiger partial charge in [-0.25, -0.2) is 4.79 Å². The molecule has 3 aliphatic rings. The van der Waals surface area contributed by atoms with E-state index in [0.717, 1.165) is 34.0 Å². The van der Waals surface area contributed by atoms with E-state index < -0.39 is 47.5 Å². The maximum atomic E-state index is 11.8. The molecule has 0 saturated carbocycles. The molecule has 12 nitrogen and oxygen atoms in total. The Morgan fingerprint density at radius 1 is 1.05 bits per heavy atom. The summed E-state index contributed by atoms with van der Waals surface area (Å²) in [6.45, 7) is 7.76. The van der Waals surface area contributed by atoms with Gasteiger partial charge in [0.1, 0.15) is 47.8 Å². The van der Waals surface area contributed by atoms with E-state index in [2.05, 4.69) is 5.32 Å². The van der Waals surface area contributed by atoms with Crippen molar-refractivity contribution in [3.63, 3.8) is 0 Å². The van der Waals surface area contributed by atoms with Gasteiger partial charge in [-0.05, 0) is 81.3 Å². The third kappa shape index (κ3) is 6.18. The average Bonchev–Trinajstić information content (AvgIpc) is 3.29. The number of hydrogen-bond donors (Lipinski definition) is 5. The topological polar surface area (TPSA) is 181 Å². The van der Waals surface area contributed by atoms with Crippen molar-refractivity contribution in [2.75, 3.05) is 6.61 Å². The van der Waals surface area contributed by atoms with Gasteiger partial charge in [0.05, 0.1) is 5.25 Å². The zero-order valence-corrected chi connectivity index (χ0v) is 25.0. The third-order valence-electron chi connectivity index (χ3n) is 8.27. The van der Waals surface area contributed by atoms with Crippen LogP contribution >= 0.6 is 11.8 Å². The predicted molar refractivity (Wildman–Crippen MR) is 154 cm³/mol. The van der Waals surface area contributed by atoms with Gasteiger partial charge in [0.15, 0.2) is 6.10 Å². The van der Waals surface area contributed by atoms with Crippen LogP contribution in [-0.2, 0) is 27.2 Å². The molecule has 13 heteroatoms. The van der Waals surface area contributed by atoms with E-state index in [0.29, 0.717) is 42.1 Å². The molecule has 0 aliphatic carbocycles. The SMILES string of the molecule is Cc1c(C)c2c(c(C)c1OC1O[C@H](C(=O)O)[C@@H](O)[C@H](O)[C@H]1O)CCC(C)(COc1ccc(CC3SC(=O)NC3=O)cc1)O2. The zero-order chi connectivity index (χ0) is 31.2. The van der Waals surface area contributed by atoms with Crippen LogP contribution in [0.1, 0.15) is 41.2 Å². The lowest BCUT2D eigenvalue weighted by atomic mass is 9.87. The summed E-state index contributed by atoms with van der Waals surface area (Å²) in [5.41, 5.74) is 3.38. The highest BCUT2D eigenvalue weighted by atomic mass is 32.2. The van der Waals surface area contributed by atoms with Crippen LogP contribution in [0, 0.1) is 20.8 Å². The number of fused-ring (bicyclic) bond motifs is 1. The highest BCUT2D eigenvalue weighted by Crippen LogP contribution is 2.44. The molecule has 5 N–H and O–H groups in total. The third-order valence-corrected chi connectivity index (χ3v) is 9.25. The maximum absolute atomic E-state index is 11.8. The molecule has 3 unspecified atom stereocenters. The number of hydrogen-bond acceptors (Lipinski definition) is 11. The lowest BCUT2D eigenvalue weighted by Crippen LogP contribution is -2.61. The number of rotatable bonds is 8. The molecule has 232 valence electrons. The molecule has 2 aromatic carbocycles. The number of carbonyl (C=O) groups is 3. The number of aliphatic hydroxyl groups excluding tert-OH is 3. The van der Waals surface area contributed by atoms with Crippen LogP contribution in [0.5, 0.6) is 17.2 Å². The number of nitrogens with one attached hydrogen (secondary N) is 1. The van der Waals surface area contributed by atoms with E-state index in [1.807, 2.05) is 52.0 Å². The molecule has 3 aliphatic heterocycles. The molecule has 0 aromatic heterocycles. The zero-order valence-electron chi connectivity index (χ0n) is 24.2. The van der Waals surface area contributed by atoms with Crippen LogP contribution in [0.15, 0.2) is 24.3 Å². The first-order valence-corrected chi connectivity index (χ1v) is 14.8. The lowest BCUT2D eigenvalue weighted by molar-refractivity contribution is -0.271. The van der Waals surface area contributed by atoms with Crippen molar-refractivity contribution < 1.29 is 53.8 Å².